The molecule has 0 radical (unpaired) electrons. The average molecular weight is 275 g/mol. The molecule has 1 aromatic carbocycles. The summed E-state index contributed by atoms with van der Waals surface area (Å²) in [6, 6.07) is 9.66. The van der Waals surface area contributed by atoms with Crippen molar-refractivity contribution in [2.75, 3.05) is 33.2 Å². The van der Waals surface area contributed by atoms with E-state index in [4.69, 9.17) is 0 Å². The van der Waals surface area contributed by atoms with Crippen molar-refractivity contribution in [1.82, 2.24) is 15.1 Å². The lowest BCUT2D eigenvalue weighted by Gasteiger charge is -2.36. The molecule has 0 spiro atoms. The highest BCUT2D eigenvalue weighted by Gasteiger charge is 2.29. The molecule has 1 N–H and O–H groups in total. The Morgan fingerprint density at radius 2 is 2.10 bits per heavy atom. The maximum absolute atomic E-state index is 12.2. The first-order chi connectivity index (χ1) is 9.70. The van der Waals surface area contributed by atoms with Gasteiger partial charge >= 0.3 is 0 Å². The number of amides is 2. The molecule has 0 aromatic heterocycles. The summed E-state index contributed by atoms with van der Waals surface area (Å²) >= 11 is 0. The Labute approximate surface area is 119 Å². The van der Waals surface area contributed by atoms with Crippen molar-refractivity contribution < 1.29 is 9.59 Å². The van der Waals surface area contributed by atoms with Crippen LogP contribution in [0, 0.1) is 0 Å². The average Bonchev–Trinajstić information content (AvgIpc) is 2.48. The Kier molecular flexibility index (Phi) is 5.12. The number of benzene rings is 1. The fraction of sp³-hybridized carbons (Fsp3) is 0.467. The van der Waals surface area contributed by atoms with Crippen LogP contribution in [-0.2, 0) is 16.0 Å². The van der Waals surface area contributed by atoms with Gasteiger partial charge in [-0.1, -0.05) is 30.3 Å². The molecule has 1 heterocycles. The van der Waals surface area contributed by atoms with Crippen LogP contribution in [0.25, 0.3) is 0 Å². The Bertz CT molecular complexity index is 450. The van der Waals surface area contributed by atoms with E-state index in [2.05, 4.69) is 10.2 Å². The highest BCUT2D eigenvalue weighted by atomic mass is 16.2. The molecule has 0 bridgehead atoms. The largest absolute Gasteiger partial charge is 0.354 e. The summed E-state index contributed by atoms with van der Waals surface area (Å²) in [7, 11) is 1.96. The van der Waals surface area contributed by atoms with E-state index >= 15 is 0 Å². The van der Waals surface area contributed by atoms with E-state index in [1.54, 1.807) is 4.90 Å². The molecule has 1 aromatic rings. The Balaban J connectivity index is 1.82. The van der Waals surface area contributed by atoms with E-state index in [1.165, 1.54) is 5.56 Å². The molecule has 0 saturated carbocycles. The first-order valence-corrected chi connectivity index (χ1v) is 6.92. The van der Waals surface area contributed by atoms with E-state index < -0.39 is 0 Å². The molecule has 5 nitrogen and oxygen atoms in total. The fourth-order valence-corrected chi connectivity index (χ4v) is 2.39. The molecule has 20 heavy (non-hydrogen) atoms. The van der Waals surface area contributed by atoms with Gasteiger partial charge in [0, 0.05) is 26.2 Å². The second kappa shape index (κ2) is 7.05. The van der Waals surface area contributed by atoms with Crippen LogP contribution in [0.1, 0.15) is 5.56 Å². The van der Waals surface area contributed by atoms with Crippen LogP contribution in [-0.4, -0.2) is 61.4 Å². The predicted octanol–water partition coefficient (Wildman–Crippen LogP) is 0.118. The van der Waals surface area contributed by atoms with E-state index in [-0.39, 0.29) is 11.9 Å². The zero-order valence-electron chi connectivity index (χ0n) is 11.8. The van der Waals surface area contributed by atoms with Crippen molar-refractivity contribution in [3.05, 3.63) is 35.9 Å². The van der Waals surface area contributed by atoms with E-state index in [1.807, 2.05) is 37.4 Å². The topological polar surface area (TPSA) is 52.7 Å². The zero-order chi connectivity index (χ0) is 14.4. The molecule has 1 aliphatic rings. The molecule has 1 aliphatic heterocycles. The first-order valence-electron chi connectivity index (χ1n) is 6.92. The molecule has 5 heteroatoms. The van der Waals surface area contributed by atoms with Crippen LogP contribution in [0.2, 0.25) is 0 Å². The van der Waals surface area contributed by atoms with Crippen molar-refractivity contribution in [3.63, 3.8) is 0 Å². The minimum Gasteiger partial charge on any atom is -0.354 e. The van der Waals surface area contributed by atoms with Gasteiger partial charge in [-0.3, -0.25) is 9.59 Å². The number of carbonyl (C=O) groups excluding carboxylic acids is 2. The molecule has 1 unspecified atom stereocenters. The van der Waals surface area contributed by atoms with Crippen LogP contribution in [0.5, 0.6) is 0 Å². The summed E-state index contributed by atoms with van der Waals surface area (Å²) in [5.41, 5.74) is 1.20. The number of piperazine rings is 1. The van der Waals surface area contributed by atoms with E-state index in [0.717, 1.165) is 19.4 Å². The molecule has 2 amide bonds. The number of nitrogens with one attached hydrogen (secondary N) is 1. The number of hydrogen-bond donors (Lipinski definition) is 1. The number of carbonyl (C=O) groups is 2. The van der Waals surface area contributed by atoms with Gasteiger partial charge in [0.25, 0.3) is 0 Å². The first kappa shape index (κ1) is 14.5. The lowest BCUT2D eigenvalue weighted by Crippen LogP contribution is -2.57. The minimum absolute atomic E-state index is 0.0698. The monoisotopic (exact) mass is 275 g/mol. The Morgan fingerprint density at radius 1 is 1.35 bits per heavy atom. The third kappa shape index (κ3) is 3.81. The molecule has 2 rings (SSSR count). The highest BCUT2D eigenvalue weighted by Crippen LogP contribution is 2.06. The molecule has 0 aliphatic carbocycles. The van der Waals surface area contributed by atoms with Gasteiger partial charge in [0.15, 0.2) is 0 Å². The van der Waals surface area contributed by atoms with E-state index in [9.17, 15) is 9.59 Å². The lowest BCUT2D eigenvalue weighted by atomic mass is 10.1. The third-order valence-electron chi connectivity index (χ3n) is 3.62. The van der Waals surface area contributed by atoms with Crippen LogP contribution in [0.15, 0.2) is 30.3 Å². The summed E-state index contributed by atoms with van der Waals surface area (Å²) in [6.07, 6.45) is 1.57. The van der Waals surface area contributed by atoms with E-state index in [0.29, 0.717) is 19.6 Å². The standard InChI is InChI=1S/C15H21N3O2/c1-17-9-10-18(12-19)14(11-17)15(20)16-8-7-13-5-3-2-4-6-13/h2-6,12,14H,7-11H2,1H3,(H,16,20). The van der Waals surface area contributed by atoms with Gasteiger partial charge in [0.05, 0.1) is 0 Å². The molecule has 1 saturated heterocycles. The number of nitrogens with zero attached hydrogens (tertiary/aromatic N) is 2. The second-order valence-electron chi connectivity index (χ2n) is 5.15. The maximum atomic E-state index is 12.2. The predicted molar refractivity (Wildman–Crippen MR) is 77.2 cm³/mol. The Morgan fingerprint density at radius 3 is 2.80 bits per heavy atom. The van der Waals surface area contributed by atoms with Gasteiger partial charge in [0.1, 0.15) is 6.04 Å². The van der Waals surface area contributed by atoms with Gasteiger partial charge in [-0.15, -0.1) is 0 Å². The van der Waals surface area contributed by atoms with Crippen LogP contribution in [0.3, 0.4) is 0 Å². The van der Waals surface area contributed by atoms with Gasteiger partial charge in [-0.25, -0.2) is 0 Å². The van der Waals surface area contributed by atoms with Gasteiger partial charge in [0.2, 0.25) is 12.3 Å². The normalized spacial score (nSPS) is 19.6. The van der Waals surface area contributed by atoms with Crippen molar-refractivity contribution in [1.29, 1.82) is 0 Å². The van der Waals surface area contributed by atoms with Gasteiger partial charge < -0.3 is 15.1 Å². The van der Waals surface area contributed by atoms with Gasteiger partial charge in [-0.05, 0) is 19.0 Å². The van der Waals surface area contributed by atoms with Crippen LogP contribution < -0.4 is 5.32 Å². The van der Waals surface area contributed by atoms with Crippen molar-refractivity contribution in [2.45, 2.75) is 12.5 Å². The minimum atomic E-state index is -0.373. The molecular formula is C15H21N3O2. The van der Waals surface area contributed by atoms with Crippen molar-refractivity contribution >= 4 is 12.3 Å². The van der Waals surface area contributed by atoms with Crippen molar-refractivity contribution in [3.8, 4) is 0 Å². The molecule has 1 atom stereocenters. The van der Waals surface area contributed by atoms with Crippen LogP contribution in [0.4, 0.5) is 0 Å². The summed E-state index contributed by atoms with van der Waals surface area (Å²) in [6.45, 7) is 2.61. The molecular weight excluding hydrogens is 254 g/mol. The smallest absolute Gasteiger partial charge is 0.244 e. The third-order valence-corrected chi connectivity index (χ3v) is 3.62. The highest BCUT2D eigenvalue weighted by molar-refractivity contribution is 5.84. The van der Waals surface area contributed by atoms with Crippen LogP contribution >= 0.6 is 0 Å². The Hall–Kier alpha value is -1.88. The number of hydrogen-bond acceptors (Lipinski definition) is 3. The lowest BCUT2D eigenvalue weighted by molar-refractivity contribution is -0.135. The zero-order valence-corrected chi connectivity index (χ0v) is 11.8. The molecule has 108 valence electrons. The fourth-order valence-electron chi connectivity index (χ4n) is 2.39. The summed E-state index contributed by atoms with van der Waals surface area (Å²) in [5.74, 6) is -0.0698. The molecule has 1 fully saturated rings. The summed E-state index contributed by atoms with van der Waals surface area (Å²) in [5, 5.41) is 2.92. The van der Waals surface area contributed by atoms with Crippen molar-refractivity contribution in [2.24, 2.45) is 0 Å². The number of rotatable bonds is 5. The second-order valence-corrected chi connectivity index (χ2v) is 5.15. The number of likely N-dealkylation sites (N-methyl/N-ethyl adjacent to an activating group) is 1. The summed E-state index contributed by atoms with van der Waals surface area (Å²) < 4.78 is 0. The summed E-state index contributed by atoms with van der Waals surface area (Å²) in [4.78, 5) is 26.8. The SMILES string of the molecule is CN1CCN(C=O)C(C(=O)NCCc2ccccc2)C1. The quantitative estimate of drug-likeness (QED) is 0.777. The maximum Gasteiger partial charge on any atom is 0.244 e. The van der Waals surface area contributed by atoms with Gasteiger partial charge in [-0.2, -0.15) is 0 Å².